The fraction of sp³-hybridized carbons (Fsp3) is 0.588. The minimum Gasteiger partial charge on any atom is -0.394 e. The third kappa shape index (κ3) is 5.63. The minimum atomic E-state index is -0.930. The molecule has 0 aliphatic heterocycles. The fourth-order valence-electron chi connectivity index (χ4n) is 2.84. The van der Waals surface area contributed by atoms with Crippen LogP contribution in [0.3, 0.4) is 0 Å². The number of carbonyl (C=O) groups is 2. The number of carbonyl (C=O) groups excluding carboxylic acids is 2. The maximum Gasteiger partial charge on any atom is 0.252 e. The molecule has 1 aromatic rings. The Morgan fingerprint density at radius 1 is 1.13 bits per heavy atom. The Morgan fingerprint density at radius 3 is 2.35 bits per heavy atom. The Kier molecular flexibility index (Phi) is 7.00. The van der Waals surface area contributed by atoms with Gasteiger partial charge in [0.15, 0.2) is 0 Å². The van der Waals surface area contributed by atoms with Gasteiger partial charge in [0.2, 0.25) is 5.91 Å². The van der Waals surface area contributed by atoms with Gasteiger partial charge in [-0.3, -0.25) is 14.6 Å². The smallest absolute Gasteiger partial charge is 0.252 e. The topological polar surface area (TPSA) is 91.3 Å². The van der Waals surface area contributed by atoms with Crippen LogP contribution in [0.25, 0.3) is 0 Å². The molecular weight excluding hydrogens is 294 g/mol. The summed E-state index contributed by atoms with van der Waals surface area (Å²) in [7, 11) is 0. The zero-order chi connectivity index (χ0) is 16.5. The van der Waals surface area contributed by atoms with E-state index in [1.54, 1.807) is 12.1 Å². The zero-order valence-corrected chi connectivity index (χ0v) is 13.3. The van der Waals surface area contributed by atoms with E-state index in [0.29, 0.717) is 5.56 Å². The summed E-state index contributed by atoms with van der Waals surface area (Å²) in [4.78, 5) is 28.2. The lowest BCUT2D eigenvalue weighted by atomic mass is 9.96. The van der Waals surface area contributed by atoms with Crippen molar-refractivity contribution in [3.63, 3.8) is 0 Å². The molecule has 0 bridgehead atoms. The average Bonchev–Trinajstić information content (AvgIpc) is 2.55. The predicted octanol–water partition coefficient (Wildman–Crippen LogP) is 1.40. The van der Waals surface area contributed by atoms with Crippen LogP contribution in [0.5, 0.6) is 0 Å². The van der Waals surface area contributed by atoms with Crippen LogP contribution in [0.4, 0.5) is 0 Å². The number of rotatable bonds is 5. The SMILES string of the molecule is O=C(N[C@@H](CO)C(=O)NC1CCCCCCC1)c1ccncc1. The maximum absolute atomic E-state index is 12.3. The van der Waals surface area contributed by atoms with Crippen LogP contribution in [0.2, 0.25) is 0 Å². The van der Waals surface area contributed by atoms with Crippen molar-refractivity contribution in [3.05, 3.63) is 30.1 Å². The molecule has 1 atom stereocenters. The van der Waals surface area contributed by atoms with Gasteiger partial charge in [-0.05, 0) is 25.0 Å². The van der Waals surface area contributed by atoms with Gasteiger partial charge in [0.1, 0.15) is 6.04 Å². The number of nitrogens with zero attached hydrogens (tertiary/aromatic N) is 1. The lowest BCUT2D eigenvalue weighted by Crippen LogP contribution is -2.51. The molecule has 1 saturated carbocycles. The molecule has 3 N–H and O–H groups in total. The number of aliphatic hydroxyl groups excluding tert-OH is 1. The first-order valence-corrected chi connectivity index (χ1v) is 8.33. The van der Waals surface area contributed by atoms with Crippen molar-refractivity contribution in [2.45, 2.75) is 57.0 Å². The molecule has 0 saturated heterocycles. The summed E-state index contributed by atoms with van der Waals surface area (Å²) in [5.74, 6) is -0.709. The summed E-state index contributed by atoms with van der Waals surface area (Å²) in [6, 6.07) is 2.34. The van der Waals surface area contributed by atoms with Crippen LogP contribution < -0.4 is 10.6 Å². The van der Waals surface area contributed by atoms with Crippen molar-refractivity contribution in [3.8, 4) is 0 Å². The van der Waals surface area contributed by atoms with E-state index in [9.17, 15) is 14.7 Å². The second-order valence-electron chi connectivity index (χ2n) is 6.00. The molecule has 1 aliphatic rings. The van der Waals surface area contributed by atoms with Crippen molar-refractivity contribution in [2.75, 3.05) is 6.61 Å². The number of hydrogen-bond acceptors (Lipinski definition) is 4. The Bertz CT molecular complexity index is 499. The average molecular weight is 319 g/mol. The molecule has 2 amide bonds. The lowest BCUT2D eigenvalue weighted by molar-refractivity contribution is -0.124. The quantitative estimate of drug-likeness (QED) is 0.765. The monoisotopic (exact) mass is 319 g/mol. The first kappa shape index (κ1) is 17.4. The van der Waals surface area contributed by atoms with Crippen LogP contribution in [0.1, 0.15) is 55.3 Å². The van der Waals surface area contributed by atoms with Gasteiger partial charge in [-0.15, -0.1) is 0 Å². The number of amides is 2. The number of aromatic nitrogens is 1. The molecule has 1 fully saturated rings. The van der Waals surface area contributed by atoms with Crippen LogP contribution in [-0.2, 0) is 4.79 Å². The Morgan fingerprint density at radius 2 is 1.74 bits per heavy atom. The van der Waals surface area contributed by atoms with Gasteiger partial charge in [-0.25, -0.2) is 0 Å². The second kappa shape index (κ2) is 9.25. The number of pyridine rings is 1. The molecule has 1 aliphatic carbocycles. The van der Waals surface area contributed by atoms with Crippen molar-refractivity contribution < 1.29 is 14.7 Å². The maximum atomic E-state index is 12.3. The molecule has 23 heavy (non-hydrogen) atoms. The van der Waals surface area contributed by atoms with Gasteiger partial charge in [0, 0.05) is 24.0 Å². The van der Waals surface area contributed by atoms with Gasteiger partial charge in [0.25, 0.3) is 5.91 Å². The Balaban J connectivity index is 1.88. The summed E-state index contributed by atoms with van der Waals surface area (Å²) in [5, 5.41) is 15.0. The predicted molar refractivity (Wildman–Crippen MR) is 86.8 cm³/mol. The third-order valence-corrected chi connectivity index (χ3v) is 4.20. The molecule has 0 unspecified atom stereocenters. The van der Waals surface area contributed by atoms with Gasteiger partial charge in [-0.1, -0.05) is 32.1 Å². The number of hydrogen-bond donors (Lipinski definition) is 3. The minimum absolute atomic E-state index is 0.134. The van der Waals surface area contributed by atoms with E-state index in [-0.39, 0.29) is 17.9 Å². The van der Waals surface area contributed by atoms with Crippen molar-refractivity contribution in [1.82, 2.24) is 15.6 Å². The third-order valence-electron chi connectivity index (χ3n) is 4.20. The molecule has 2 rings (SSSR count). The second-order valence-corrected chi connectivity index (χ2v) is 6.00. The zero-order valence-electron chi connectivity index (χ0n) is 13.3. The van der Waals surface area contributed by atoms with E-state index < -0.39 is 12.6 Å². The van der Waals surface area contributed by atoms with E-state index in [2.05, 4.69) is 15.6 Å². The highest BCUT2D eigenvalue weighted by Crippen LogP contribution is 2.17. The highest BCUT2D eigenvalue weighted by molar-refractivity contribution is 5.97. The van der Waals surface area contributed by atoms with Crippen LogP contribution in [0, 0.1) is 0 Å². The fourth-order valence-corrected chi connectivity index (χ4v) is 2.84. The van der Waals surface area contributed by atoms with Crippen molar-refractivity contribution >= 4 is 11.8 Å². The van der Waals surface area contributed by atoms with Crippen LogP contribution >= 0.6 is 0 Å². The van der Waals surface area contributed by atoms with E-state index in [0.717, 1.165) is 25.7 Å². The molecule has 1 heterocycles. The first-order valence-electron chi connectivity index (χ1n) is 8.33. The van der Waals surface area contributed by atoms with E-state index in [4.69, 9.17) is 0 Å². The summed E-state index contributed by atoms with van der Waals surface area (Å²) < 4.78 is 0. The van der Waals surface area contributed by atoms with E-state index in [1.165, 1.54) is 31.7 Å². The molecule has 0 spiro atoms. The number of nitrogens with one attached hydrogen (secondary N) is 2. The Hall–Kier alpha value is -1.95. The highest BCUT2D eigenvalue weighted by Gasteiger charge is 2.23. The molecular formula is C17H25N3O3. The molecule has 6 heteroatoms. The standard InChI is InChI=1S/C17H25N3O3/c21-12-15(20-16(22)13-8-10-18-11-9-13)17(23)19-14-6-4-2-1-3-5-7-14/h8-11,14-15,21H,1-7,12H2,(H,19,23)(H,20,22)/t15-/m0/s1. The van der Waals surface area contributed by atoms with Crippen molar-refractivity contribution in [2.24, 2.45) is 0 Å². The van der Waals surface area contributed by atoms with Gasteiger partial charge >= 0.3 is 0 Å². The summed E-state index contributed by atoms with van der Waals surface area (Å²) >= 11 is 0. The molecule has 6 nitrogen and oxygen atoms in total. The molecule has 0 aromatic carbocycles. The van der Waals surface area contributed by atoms with Gasteiger partial charge in [-0.2, -0.15) is 0 Å². The summed E-state index contributed by atoms with van der Waals surface area (Å²) in [6.07, 6.45) is 10.8. The lowest BCUT2D eigenvalue weighted by Gasteiger charge is -2.24. The van der Waals surface area contributed by atoms with Crippen LogP contribution in [-0.4, -0.2) is 40.6 Å². The van der Waals surface area contributed by atoms with Crippen molar-refractivity contribution in [1.29, 1.82) is 0 Å². The van der Waals surface area contributed by atoms with Gasteiger partial charge in [0.05, 0.1) is 6.61 Å². The summed E-state index contributed by atoms with van der Waals surface area (Å²) in [6.45, 7) is -0.421. The summed E-state index contributed by atoms with van der Waals surface area (Å²) in [5.41, 5.74) is 0.414. The highest BCUT2D eigenvalue weighted by atomic mass is 16.3. The number of aliphatic hydroxyl groups is 1. The molecule has 126 valence electrons. The van der Waals surface area contributed by atoms with E-state index >= 15 is 0 Å². The molecule has 0 radical (unpaired) electrons. The largest absolute Gasteiger partial charge is 0.394 e. The van der Waals surface area contributed by atoms with E-state index in [1.807, 2.05) is 0 Å². The Labute approximate surface area is 136 Å². The molecule has 1 aromatic heterocycles. The first-order chi connectivity index (χ1) is 11.2. The van der Waals surface area contributed by atoms with Crippen LogP contribution in [0.15, 0.2) is 24.5 Å². The normalized spacial score (nSPS) is 17.6. The van der Waals surface area contributed by atoms with Gasteiger partial charge < -0.3 is 15.7 Å².